The molecule has 0 aromatic heterocycles. The highest BCUT2D eigenvalue weighted by Crippen LogP contribution is 2.24. The van der Waals surface area contributed by atoms with Gasteiger partial charge in [-0.05, 0) is 44.9 Å². The van der Waals surface area contributed by atoms with E-state index in [2.05, 4.69) is 12.2 Å². The lowest BCUT2D eigenvalue weighted by Gasteiger charge is -2.22. The monoisotopic (exact) mass is 265 g/mol. The van der Waals surface area contributed by atoms with Crippen LogP contribution in [0, 0.1) is 5.92 Å². The first-order valence-electron chi connectivity index (χ1n) is 7.19. The molecule has 3 atom stereocenters. The van der Waals surface area contributed by atoms with E-state index in [4.69, 9.17) is 0 Å². The van der Waals surface area contributed by atoms with Crippen LogP contribution in [0.2, 0.25) is 0 Å². The zero-order valence-electron chi connectivity index (χ0n) is 11.5. The van der Waals surface area contributed by atoms with Crippen molar-refractivity contribution in [3.8, 4) is 0 Å². The van der Waals surface area contributed by atoms with E-state index >= 15 is 0 Å². The third kappa shape index (κ3) is 7.24. The zero-order valence-corrected chi connectivity index (χ0v) is 11.5. The van der Waals surface area contributed by atoms with Crippen molar-refractivity contribution in [2.45, 2.75) is 83.5 Å². The Morgan fingerprint density at radius 3 is 2.56 bits per heavy atom. The molecule has 1 aliphatic carbocycles. The van der Waals surface area contributed by atoms with Crippen molar-refractivity contribution in [2.24, 2.45) is 5.92 Å². The molecule has 1 nitrogen and oxygen atoms in total. The van der Waals surface area contributed by atoms with Crippen LogP contribution in [-0.2, 0) is 0 Å². The number of alkyl halides is 3. The lowest BCUT2D eigenvalue weighted by atomic mass is 10.0. The highest BCUT2D eigenvalue weighted by Gasteiger charge is 2.26. The van der Waals surface area contributed by atoms with E-state index in [0.717, 1.165) is 5.92 Å². The van der Waals surface area contributed by atoms with Gasteiger partial charge < -0.3 is 5.32 Å². The standard InChI is InChI=1S/C14H26F3N/c1-11-5-3-7-13(9-8-11)18-12(2)6-4-10-14(15,16)17/h11-13,18H,3-10H2,1-2H3. The van der Waals surface area contributed by atoms with E-state index in [-0.39, 0.29) is 12.5 Å². The molecule has 1 rings (SSSR count). The SMILES string of the molecule is CC1CCCC(NC(C)CCCC(F)(F)F)CC1. The Labute approximate surface area is 109 Å². The molecule has 1 N–H and O–H groups in total. The summed E-state index contributed by atoms with van der Waals surface area (Å²) >= 11 is 0. The maximum Gasteiger partial charge on any atom is 0.389 e. The van der Waals surface area contributed by atoms with E-state index in [9.17, 15) is 13.2 Å². The van der Waals surface area contributed by atoms with Crippen molar-refractivity contribution in [3.05, 3.63) is 0 Å². The Morgan fingerprint density at radius 2 is 1.89 bits per heavy atom. The van der Waals surface area contributed by atoms with E-state index < -0.39 is 12.6 Å². The van der Waals surface area contributed by atoms with Gasteiger partial charge in [0.05, 0.1) is 0 Å². The summed E-state index contributed by atoms with van der Waals surface area (Å²) in [7, 11) is 0. The van der Waals surface area contributed by atoms with Crippen LogP contribution in [0.4, 0.5) is 13.2 Å². The van der Waals surface area contributed by atoms with Crippen molar-refractivity contribution in [1.29, 1.82) is 0 Å². The van der Waals surface area contributed by atoms with Crippen LogP contribution in [0.15, 0.2) is 0 Å². The predicted molar refractivity (Wildman–Crippen MR) is 68.5 cm³/mol. The molecule has 108 valence electrons. The molecule has 18 heavy (non-hydrogen) atoms. The minimum Gasteiger partial charge on any atom is -0.312 e. The lowest BCUT2D eigenvalue weighted by molar-refractivity contribution is -0.135. The van der Waals surface area contributed by atoms with Gasteiger partial charge in [0.1, 0.15) is 0 Å². The first-order chi connectivity index (χ1) is 8.37. The molecule has 0 heterocycles. The summed E-state index contributed by atoms with van der Waals surface area (Å²) in [5, 5.41) is 3.50. The molecule has 1 aliphatic rings. The third-order valence-corrected chi connectivity index (χ3v) is 3.88. The third-order valence-electron chi connectivity index (χ3n) is 3.88. The molecule has 1 saturated carbocycles. The van der Waals surface area contributed by atoms with Crippen molar-refractivity contribution >= 4 is 0 Å². The van der Waals surface area contributed by atoms with Crippen molar-refractivity contribution in [1.82, 2.24) is 5.32 Å². The Morgan fingerprint density at radius 1 is 1.17 bits per heavy atom. The van der Waals surface area contributed by atoms with Crippen molar-refractivity contribution in [2.75, 3.05) is 0 Å². The van der Waals surface area contributed by atoms with Gasteiger partial charge in [0, 0.05) is 18.5 Å². The first-order valence-corrected chi connectivity index (χ1v) is 7.19. The van der Waals surface area contributed by atoms with Crippen LogP contribution >= 0.6 is 0 Å². The van der Waals surface area contributed by atoms with Gasteiger partial charge in [-0.1, -0.05) is 19.8 Å². The van der Waals surface area contributed by atoms with E-state index in [1.165, 1.54) is 32.1 Å². The molecule has 0 radical (unpaired) electrons. The lowest BCUT2D eigenvalue weighted by Crippen LogP contribution is -2.36. The fraction of sp³-hybridized carbons (Fsp3) is 1.00. The molecule has 0 bridgehead atoms. The second-order valence-corrected chi connectivity index (χ2v) is 5.89. The molecule has 3 unspecified atom stereocenters. The highest BCUT2D eigenvalue weighted by molar-refractivity contribution is 4.76. The molecular formula is C14H26F3N. The summed E-state index contributed by atoms with van der Waals surface area (Å²) in [4.78, 5) is 0. The predicted octanol–water partition coefficient (Wildman–Crippen LogP) is 4.67. The van der Waals surface area contributed by atoms with Crippen LogP contribution in [0.5, 0.6) is 0 Å². The Hall–Kier alpha value is -0.250. The zero-order chi connectivity index (χ0) is 13.6. The van der Waals surface area contributed by atoms with E-state index in [1.807, 2.05) is 6.92 Å². The van der Waals surface area contributed by atoms with Crippen LogP contribution in [0.1, 0.15) is 65.2 Å². The Kier molecular flexibility index (Phi) is 6.47. The van der Waals surface area contributed by atoms with Crippen LogP contribution in [0.25, 0.3) is 0 Å². The van der Waals surface area contributed by atoms with Gasteiger partial charge in [-0.2, -0.15) is 13.2 Å². The molecule has 0 amide bonds. The molecule has 0 aliphatic heterocycles. The summed E-state index contributed by atoms with van der Waals surface area (Å²) < 4.78 is 36.1. The molecule has 4 heteroatoms. The normalized spacial score (nSPS) is 27.8. The summed E-state index contributed by atoms with van der Waals surface area (Å²) in [6.07, 6.45) is 2.32. The number of halogens is 3. The van der Waals surface area contributed by atoms with Gasteiger partial charge in [-0.25, -0.2) is 0 Å². The summed E-state index contributed by atoms with van der Waals surface area (Å²) in [6.45, 7) is 4.29. The smallest absolute Gasteiger partial charge is 0.312 e. The summed E-state index contributed by atoms with van der Waals surface area (Å²) in [5.41, 5.74) is 0. The highest BCUT2D eigenvalue weighted by atomic mass is 19.4. The Balaban J connectivity index is 2.17. The van der Waals surface area contributed by atoms with E-state index in [0.29, 0.717) is 12.5 Å². The van der Waals surface area contributed by atoms with Gasteiger partial charge >= 0.3 is 6.18 Å². The molecular weight excluding hydrogens is 239 g/mol. The maximum atomic E-state index is 12.0. The topological polar surface area (TPSA) is 12.0 Å². The summed E-state index contributed by atoms with van der Waals surface area (Å²) in [6, 6.07) is 0.710. The minimum atomic E-state index is -4.00. The van der Waals surface area contributed by atoms with Crippen LogP contribution in [0.3, 0.4) is 0 Å². The minimum absolute atomic E-state index is 0.200. The van der Waals surface area contributed by atoms with Gasteiger partial charge in [-0.3, -0.25) is 0 Å². The average Bonchev–Trinajstić information content (AvgIpc) is 2.42. The summed E-state index contributed by atoms with van der Waals surface area (Å²) in [5.74, 6) is 0.803. The molecule has 0 aromatic rings. The van der Waals surface area contributed by atoms with Gasteiger partial charge in [0.2, 0.25) is 0 Å². The second-order valence-electron chi connectivity index (χ2n) is 5.89. The maximum absolute atomic E-state index is 12.0. The fourth-order valence-corrected chi connectivity index (χ4v) is 2.75. The fourth-order valence-electron chi connectivity index (χ4n) is 2.75. The quantitative estimate of drug-likeness (QED) is 0.712. The van der Waals surface area contributed by atoms with E-state index in [1.54, 1.807) is 0 Å². The molecule has 0 saturated heterocycles. The first kappa shape index (κ1) is 15.8. The largest absolute Gasteiger partial charge is 0.389 e. The number of nitrogens with one attached hydrogen (secondary N) is 1. The van der Waals surface area contributed by atoms with Crippen molar-refractivity contribution < 1.29 is 13.2 Å². The molecule has 0 spiro atoms. The second kappa shape index (κ2) is 7.37. The number of rotatable bonds is 5. The molecule has 0 aromatic carbocycles. The van der Waals surface area contributed by atoms with Gasteiger partial charge in [0.25, 0.3) is 0 Å². The Bertz CT molecular complexity index is 228. The van der Waals surface area contributed by atoms with Crippen molar-refractivity contribution in [3.63, 3.8) is 0 Å². The van der Waals surface area contributed by atoms with Gasteiger partial charge in [0.15, 0.2) is 0 Å². The number of hydrogen-bond acceptors (Lipinski definition) is 1. The number of hydrogen-bond donors (Lipinski definition) is 1. The van der Waals surface area contributed by atoms with Gasteiger partial charge in [-0.15, -0.1) is 0 Å². The van der Waals surface area contributed by atoms with Crippen LogP contribution in [-0.4, -0.2) is 18.3 Å². The molecule has 1 fully saturated rings. The average molecular weight is 265 g/mol. The van der Waals surface area contributed by atoms with Crippen LogP contribution < -0.4 is 5.32 Å².